The third-order valence-corrected chi connectivity index (χ3v) is 2.52. The highest BCUT2D eigenvalue weighted by Gasteiger charge is 1.99. The second-order valence-corrected chi connectivity index (χ2v) is 4.12. The minimum Gasteiger partial charge on any atom is -0.281 e. The van der Waals surface area contributed by atoms with Gasteiger partial charge in [0.1, 0.15) is 0 Å². The predicted molar refractivity (Wildman–Crippen MR) is 76.3 cm³/mol. The van der Waals surface area contributed by atoms with Gasteiger partial charge < -0.3 is 0 Å². The van der Waals surface area contributed by atoms with Crippen molar-refractivity contribution in [2.24, 2.45) is 0 Å². The maximum Gasteiger partial charge on any atom is 0.0620 e. The zero-order valence-electron chi connectivity index (χ0n) is 11.1. The van der Waals surface area contributed by atoms with Crippen LogP contribution in [0.1, 0.15) is 39.0 Å². The number of hydrogen-bond acceptors (Lipinski definition) is 1. The first-order chi connectivity index (χ1) is 8.93. The molecule has 92 valence electrons. The van der Waals surface area contributed by atoms with Gasteiger partial charge in [0.05, 0.1) is 13.1 Å². The van der Waals surface area contributed by atoms with Crippen molar-refractivity contribution < 1.29 is 0 Å². The van der Waals surface area contributed by atoms with E-state index in [9.17, 15) is 0 Å². The van der Waals surface area contributed by atoms with Gasteiger partial charge in [-0.25, -0.2) is 0 Å². The van der Waals surface area contributed by atoms with Crippen molar-refractivity contribution in [1.82, 2.24) is 4.90 Å². The highest BCUT2D eigenvalue weighted by molar-refractivity contribution is 5.28. The summed E-state index contributed by atoms with van der Waals surface area (Å²) in [5.74, 6) is 23.9. The molecular formula is C17H19N. The Kier molecular flexibility index (Phi) is 8.21. The van der Waals surface area contributed by atoms with Crippen LogP contribution >= 0.6 is 0 Å². The standard InChI is InChI=1S/C17H19N/c1-2-3-15-18-16-13-11-9-7-5-4-6-8-10-12-14-17-18/h2-6,15-17H2,1H3. The molecule has 0 fully saturated rings. The number of rotatable bonds is 3. The number of hydrogen-bond donors (Lipinski definition) is 0. The summed E-state index contributed by atoms with van der Waals surface area (Å²) < 4.78 is 0. The van der Waals surface area contributed by atoms with Crippen LogP contribution in [0.15, 0.2) is 0 Å². The highest BCUT2D eigenvalue weighted by Crippen LogP contribution is 1.94. The molecule has 0 N–H and O–H groups in total. The van der Waals surface area contributed by atoms with E-state index >= 15 is 0 Å². The third kappa shape index (κ3) is 7.47. The van der Waals surface area contributed by atoms with Crippen LogP contribution in [-0.2, 0) is 0 Å². The second-order valence-electron chi connectivity index (χ2n) is 4.12. The van der Waals surface area contributed by atoms with Crippen LogP contribution in [0.2, 0.25) is 0 Å². The van der Waals surface area contributed by atoms with E-state index in [-0.39, 0.29) is 0 Å². The lowest BCUT2D eigenvalue weighted by Crippen LogP contribution is -2.25. The first-order valence-corrected chi connectivity index (χ1v) is 6.57. The minimum absolute atomic E-state index is 0.747. The summed E-state index contributed by atoms with van der Waals surface area (Å²) in [6.07, 6.45) is 5.12. The molecular weight excluding hydrogens is 218 g/mol. The van der Waals surface area contributed by atoms with E-state index in [1.165, 1.54) is 12.8 Å². The second kappa shape index (κ2) is 10.4. The molecule has 0 spiro atoms. The molecule has 0 saturated carbocycles. The Morgan fingerprint density at radius 1 is 0.833 bits per heavy atom. The normalized spacial score (nSPS) is 15.4. The molecule has 1 nitrogen and oxygen atoms in total. The molecule has 0 aromatic heterocycles. The summed E-state index contributed by atoms with van der Waals surface area (Å²) in [5, 5.41) is 0. The van der Waals surface area contributed by atoms with Crippen LogP contribution in [0.5, 0.6) is 0 Å². The fourth-order valence-electron chi connectivity index (χ4n) is 1.47. The Bertz CT molecular complexity index is 429. The quantitative estimate of drug-likeness (QED) is 0.681. The number of nitrogens with zero attached hydrogens (tertiary/aromatic N) is 1. The van der Waals surface area contributed by atoms with Crippen LogP contribution in [0.3, 0.4) is 0 Å². The molecule has 1 heterocycles. The summed E-state index contributed by atoms with van der Waals surface area (Å²) in [5.41, 5.74) is 0. The Balaban J connectivity index is 2.60. The van der Waals surface area contributed by atoms with Crippen molar-refractivity contribution in [2.45, 2.75) is 39.0 Å². The number of unbranched alkanes of at least 4 members (excludes halogenated alkanes) is 1. The molecule has 0 unspecified atom stereocenters. The van der Waals surface area contributed by atoms with Crippen molar-refractivity contribution in [3.63, 3.8) is 0 Å². The fourth-order valence-corrected chi connectivity index (χ4v) is 1.47. The largest absolute Gasteiger partial charge is 0.281 e. The summed E-state index contributed by atoms with van der Waals surface area (Å²) in [6.45, 7) is 4.73. The van der Waals surface area contributed by atoms with E-state index in [1.54, 1.807) is 0 Å². The van der Waals surface area contributed by atoms with Gasteiger partial charge in [0.2, 0.25) is 0 Å². The Morgan fingerprint density at radius 2 is 1.39 bits per heavy atom. The van der Waals surface area contributed by atoms with Gasteiger partial charge in [-0.1, -0.05) is 37.0 Å². The van der Waals surface area contributed by atoms with E-state index in [2.05, 4.69) is 59.2 Å². The highest BCUT2D eigenvalue weighted by atomic mass is 15.1. The van der Waals surface area contributed by atoms with Gasteiger partial charge in [0, 0.05) is 19.4 Å². The smallest absolute Gasteiger partial charge is 0.0620 e. The zero-order chi connectivity index (χ0) is 12.9. The van der Waals surface area contributed by atoms with Gasteiger partial charge in [-0.15, -0.1) is 0 Å². The van der Waals surface area contributed by atoms with E-state index in [1.807, 2.05) is 0 Å². The molecule has 1 aliphatic heterocycles. The van der Waals surface area contributed by atoms with E-state index in [4.69, 9.17) is 0 Å². The van der Waals surface area contributed by atoms with Crippen molar-refractivity contribution in [2.75, 3.05) is 19.6 Å². The zero-order valence-corrected chi connectivity index (χ0v) is 11.1. The molecule has 0 radical (unpaired) electrons. The Hall–Kier alpha value is -1.80. The Labute approximate surface area is 111 Å². The summed E-state index contributed by atoms with van der Waals surface area (Å²) in [4.78, 5) is 2.25. The van der Waals surface area contributed by atoms with Crippen LogP contribution in [0.25, 0.3) is 0 Å². The monoisotopic (exact) mass is 237 g/mol. The van der Waals surface area contributed by atoms with Crippen molar-refractivity contribution in [1.29, 1.82) is 0 Å². The molecule has 0 aliphatic carbocycles. The third-order valence-electron chi connectivity index (χ3n) is 2.52. The van der Waals surface area contributed by atoms with Crippen LogP contribution < -0.4 is 0 Å². The molecule has 0 atom stereocenters. The fraction of sp³-hybridized carbons (Fsp3) is 0.529. The molecule has 0 amide bonds. The summed E-state index contributed by atoms with van der Waals surface area (Å²) in [6, 6.07) is 0. The minimum atomic E-state index is 0.747. The van der Waals surface area contributed by atoms with Crippen LogP contribution in [0, 0.1) is 47.4 Å². The maximum absolute atomic E-state index is 3.10. The van der Waals surface area contributed by atoms with E-state index in [0.29, 0.717) is 0 Å². The molecule has 18 heavy (non-hydrogen) atoms. The summed E-state index contributed by atoms with van der Waals surface area (Å²) >= 11 is 0. The lowest BCUT2D eigenvalue weighted by atomic mass is 10.2. The lowest BCUT2D eigenvalue weighted by Gasteiger charge is -2.15. The molecule has 1 rings (SSSR count). The molecule has 0 saturated heterocycles. The van der Waals surface area contributed by atoms with Gasteiger partial charge >= 0.3 is 0 Å². The van der Waals surface area contributed by atoms with Crippen LogP contribution in [-0.4, -0.2) is 24.5 Å². The average molecular weight is 237 g/mol. The predicted octanol–water partition coefficient (Wildman–Crippen LogP) is 2.29. The topological polar surface area (TPSA) is 3.24 Å². The average Bonchev–Trinajstić information content (AvgIpc) is 2.39. The summed E-state index contributed by atoms with van der Waals surface area (Å²) in [7, 11) is 0. The molecule has 0 bridgehead atoms. The van der Waals surface area contributed by atoms with Gasteiger partial charge in [-0.05, 0) is 36.5 Å². The van der Waals surface area contributed by atoms with Crippen molar-refractivity contribution in [3.8, 4) is 47.4 Å². The van der Waals surface area contributed by atoms with Gasteiger partial charge in [0.25, 0.3) is 0 Å². The van der Waals surface area contributed by atoms with Crippen LogP contribution in [0.4, 0.5) is 0 Å². The molecule has 0 aromatic carbocycles. The lowest BCUT2D eigenvalue weighted by molar-refractivity contribution is 0.338. The van der Waals surface area contributed by atoms with E-state index < -0.39 is 0 Å². The maximum atomic E-state index is 3.10. The van der Waals surface area contributed by atoms with Gasteiger partial charge in [-0.3, -0.25) is 4.90 Å². The molecule has 1 aliphatic rings. The first-order valence-electron chi connectivity index (χ1n) is 6.57. The van der Waals surface area contributed by atoms with Crippen molar-refractivity contribution >= 4 is 0 Å². The Morgan fingerprint density at radius 3 is 1.94 bits per heavy atom. The van der Waals surface area contributed by atoms with Crippen molar-refractivity contribution in [3.05, 3.63) is 0 Å². The SMILES string of the molecule is CCCCN1CC#CC#CCCCC#CC#CC1. The van der Waals surface area contributed by atoms with E-state index in [0.717, 1.165) is 38.9 Å². The molecule has 1 heteroatoms. The van der Waals surface area contributed by atoms with Gasteiger partial charge in [0.15, 0.2) is 0 Å². The van der Waals surface area contributed by atoms with Gasteiger partial charge in [-0.2, -0.15) is 0 Å². The molecule has 0 aromatic rings. The first kappa shape index (κ1) is 14.3.